The number of carbonyl (C=O) groups excluding carboxylic acids is 7. The third-order valence-corrected chi connectivity index (χ3v) is 14.5. The summed E-state index contributed by atoms with van der Waals surface area (Å²) in [6.45, 7) is 56.6. The van der Waals surface area contributed by atoms with Crippen LogP contribution >= 0.6 is 24.4 Å². The van der Waals surface area contributed by atoms with Gasteiger partial charge in [0.1, 0.15) is 12.1 Å². The Balaban J connectivity index is -0.000000177. The molecule has 0 fully saturated rings. The van der Waals surface area contributed by atoms with E-state index in [2.05, 4.69) is 129 Å². The zero-order valence-electron chi connectivity index (χ0n) is 65.5. The van der Waals surface area contributed by atoms with Crippen molar-refractivity contribution < 1.29 is 125 Å². The fraction of sp³-hybridized carbons (Fsp3) is 0.791. The number of oxime groups is 3. The molecule has 5 amide bonds. The van der Waals surface area contributed by atoms with Crippen LogP contribution in [0, 0.1) is 48.3 Å². The summed E-state index contributed by atoms with van der Waals surface area (Å²) < 4.78 is 0. The number of Topliss-reactive ketones (excluding diaryl/α,β-unsaturated/α-hetero) is 2. The second-order valence-electron chi connectivity index (χ2n) is 29.7. The zero-order chi connectivity index (χ0) is 77.0. The number of nitrogens with zero attached hydrogens (tertiary/aromatic N) is 6. The van der Waals surface area contributed by atoms with E-state index in [-0.39, 0.29) is 136 Å². The fourth-order valence-electron chi connectivity index (χ4n) is 6.71. The van der Waals surface area contributed by atoms with Gasteiger partial charge < -0.3 is 115 Å². The minimum atomic E-state index is -1.15. The molecule has 98 heavy (non-hydrogen) atoms. The van der Waals surface area contributed by atoms with Gasteiger partial charge in [0.05, 0.1) is 71.4 Å². The van der Waals surface area contributed by atoms with Crippen molar-refractivity contribution in [3.05, 3.63) is 20.3 Å². The van der Waals surface area contributed by atoms with Crippen molar-refractivity contribution in [2.24, 2.45) is 48.7 Å². The van der Waals surface area contributed by atoms with Crippen LogP contribution in [0.15, 0.2) is 20.6 Å². The number of hydrogen-bond donors (Lipinski definition) is 15. The summed E-state index contributed by atoms with van der Waals surface area (Å²) in [5, 5.41) is 82.9. The molecule has 572 valence electrons. The van der Waals surface area contributed by atoms with Crippen LogP contribution in [0.3, 0.4) is 0 Å². The van der Waals surface area contributed by atoms with Gasteiger partial charge in [0, 0.05) is 94.7 Å². The average Bonchev–Trinajstić information content (AvgIpc) is 0.840. The third kappa shape index (κ3) is 60.7. The molecule has 0 bridgehead atoms. The number of ketones is 2. The van der Waals surface area contributed by atoms with Crippen molar-refractivity contribution in [2.75, 3.05) is 91.4 Å². The van der Waals surface area contributed by atoms with Crippen LogP contribution in [-0.2, 0) is 99.0 Å². The van der Waals surface area contributed by atoms with Gasteiger partial charge in [0.15, 0.2) is 11.6 Å². The quantitative estimate of drug-likeness (QED) is 0.00674. The molecule has 0 aromatic heterocycles. The molecule has 0 aromatic carbocycles. The van der Waals surface area contributed by atoms with Gasteiger partial charge in [-0.2, -0.15) is 24.5 Å². The van der Waals surface area contributed by atoms with Crippen LogP contribution in [0.2, 0.25) is 0 Å². The molecule has 31 heteroatoms. The van der Waals surface area contributed by atoms with Crippen molar-refractivity contribution in [1.82, 2.24) is 57.7 Å². The van der Waals surface area contributed by atoms with Gasteiger partial charge in [-0.3, -0.25) is 33.6 Å². The molecule has 3 unspecified atom stereocenters. The molecule has 0 aliphatic carbocycles. The monoisotopic (exact) mass is 1580 g/mol. The van der Waals surface area contributed by atoms with Crippen LogP contribution in [-0.4, -0.2) is 238 Å². The molecule has 0 saturated heterocycles. The fourth-order valence-corrected chi connectivity index (χ4v) is 7.86. The summed E-state index contributed by atoms with van der Waals surface area (Å²) in [5.41, 5.74) is -1.27. The third-order valence-electron chi connectivity index (χ3n) is 13.2. The SMILES string of the molecule is C/C(=N\O)C(C)(C)NCCCNC(C)(C)[C-]=NO.C/C(=N\O)C(C)(C)NC[CH-]CNC(C)(C)/C(C)=N/O.CC(=O)NCSCC(NC(=O)[C@H](CO)NC(=O)CN(C)C)C(=O)C(C)(C)C.CN(C)CC(=O)NC(C(=O)NC(CS)C(=O)C(C)(C)C)C(C)(C)C.[CH2-]C(C)C.[CH2-]C(C)C.[Y].[Y]. The second kappa shape index (κ2) is 56.6. The first-order valence-electron chi connectivity index (χ1n) is 32.2. The zero-order valence-corrected chi connectivity index (χ0v) is 72.9. The molecule has 0 aliphatic rings. The number of carbonyl (C=O) groups is 7. The molecule has 0 rings (SSSR count). The largest absolute Gasteiger partial charge is 0.447 e. The van der Waals surface area contributed by atoms with Crippen LogP contribution in [0.1, 0.15) is 180 Å². The van der Waals surface area contributed by atoms with Crippen LogP contribution in [0.4, 0.5) is 0 Å². The predicted molar refractivity (Wildman–Crippen MR) is 397 cm³/mol. The van der Waals surface area contributed by atoms with E-state index in [9.17, 15) is 38.7 Å². The molecular formula is C67H135N15O12S2Y2-4. The Bertz CT molecular complexity index is 2320. The molecular weight excluding hydrogens is 1450 g/mol. The number of nitrogens with one attached hydrogen (secondary N) is 9. The molecule has 27 nitrogen and oxygen atoms in total. The predicted octanol–water partition coefficient (Wildman–Crippen LogP) is 5.94. The Morgan fingerprint density at radius 2 is 0.908 bits per heavy atom. The van der Waals surface area contributed by atoms with E-state index >= 15 is 0 Å². The van der Waals surface area contributed by atoms with Crippen LogP contribution in [0.25, 0.3) is 0 Å². The number of amides is 5. The summed E-state index contributed by atoms with van der Waals surface area (Å²) in [6, 6.07) is -3.37. The summed E-state index contributed by atoms with van der Waals surface area (Å²) in [6.07, 6.45) is 5.50. The molecule has 0 aromatic rings. The first kappa shape index (κ1) is 111. The van der Waals surface area contributed by atoms with E-state index in [0.717, 1.165) is 19.5 Å². The van der Waals surface area contributed by atoms with Gasteiger partial charge in [-0.05, 0) is 115 Å². The standard InChI is InChI=1S/C17H32N4O5S.C17H33N3O3S.C13H27N4O2.C12H25N4O2.2C4H9.2Y/c1-11(23)18-10-27-9-13(15(25)17(2,3)4)20-16(26)12(8-22)19-14(24)7-21(5)6;1-16(2,3)13(19-12(21)9-20(7)8)15(23)18-11(10-24)14(22)17(4,5)6;1-10(16-18)12(3,4)14-8-7-9-15-13(5,6)11(2)17-19;1-10(16-18)12(4,5)14-8-6-7-13-11(2,3)9-15-17;2*1-4(2)3;;/h12-13,22H,7-10H2,1-6H3,(H,18,23)(H,19,24)(H,20,26);11,13,24H,9-10H2,1-8H3,(H,18,23)(H,19,21);7,14-15,18-19H,8-9H2,1-6H3;13-14,17-18H,6-8H2,1-5H3;2*4H,1H2,2-3H3;;/q;;4*-1;;/b;;16-10+,17-11+;16-10+;;;;/t12-,13?;;;;;;;/m0......./s1. The normalized spacial score (nSPS) is 13.7. The number of hydrogen-bond acceptors (Lipinski definition) is 24. The molecule has 2 radical (unpaired) electrons. The first-order chi connectivity index (χ1) is 43.5. The summed E-state index contributed by atoms with van der Waals surface area (Å²) in [5.74, 6) is -0.153. The van der Waals surface area contributed by atoms with Gasteiger partial charge in [-0.25, -0.2) is 0 Å². The van der Waals surface area contributed by atoms with Crippen molar-refractivity contribution in [1.29, 1.82) is 0 Å². The minimum Gasteiger partial charge on any atom is -0.447 e. The van der Waals surface area contributed by atoms with Crippen molar-refractivity contribution >= 4 is 88.8 Å². The van der Waals surface area contributed by atoms with Gasteiger partial charge in [0.2, 0.25) is 29.5 Å². The smallest absolute Gasteiger partial charge is 0.245 e. The maximum Gasteiger partial charge on any atom is 0.245 e. The van der Waals surface area contributed by atoms with E-state index < -0.39 is 64.4 Å². The Morgan fingerprint density at radius 1 is 0.551 bits per heavy atom. The number of thiol groups is 1. The van der Waals surface area contributed by atoms with Gasteiger partial charge in [-0.15, -0.1) is 24.9 Å². The van der Waals surface area contributed by atoms with Crippen molar-refractivity contribution in [3.63, 3.8) is 0 Å². The maximum atomic E-state index is 12.7. The number of likely N-dealkylation sites (N-methyl/N-ethyl adjacent to an activating group) is 2. The van der Waals surface area contributed by atoms with Gasteiger partial charge >= 0.3 is 0 Å². The topological polar surface area (TPSA) is 385 Å². The summed E-state index contributed by atoms with van der Waals surface area (Å²) in [4.78, 5) is 88.4. The number of aliphatic hydroxyl groups excluding tert-OH is 1. The van der Waals surface area contributed by atoms with Crippen LogP contribution < -0.4 is 47.9 Å². The Hall–Kier alpha value is -2.80. The van der Waals surface area contributed by atoms with E-state index in [4.69, 9.17) is 20.8 Å². The van der Waals surface area contributed by atoms with E-state index in [0.29, 0.717) is 47.9 Å². The van der Waals surface area contributed by atoms with Crippen molar-refractivity contribution in [2.45, 2.75) is 226 Å². The Kier molecular flexibility index (Phi) is 64.2. The Labute approximate surface area is 652 Å². The second-order valence-corrected chi connectivity index (χ2v) is 31.1. The molecule has 0 aliphatic heterocycles. The number of aliphatic hydroxyl groups is 1. The Morgan fingerprint density at radius 3 is 1.23 bits per heavy atom. The molecule has 0 saturated carbocycles. The summed E-state index contributed by atoms with van der Waals surface area (Å²) in [7, 11) is 6.98. The van der Waals surface area contributed by atoms with Gasteiger partial charge in [-0.1, -0.05) is 125 Å². The molecule has 4 atom stereocenters. The van der Waals surface area contributed by atoms with E-state index in [1.807, 2.05) is 82.6 Å². The van der Waals surface area contributed by atoms with E-state index in [1.54, 1.807) is 100 Å². The maximum absolute atomic E-state index is 12.7. The molecule has 0 spiro atoms. The van der Waals surface area contributed by atoms with E-state index in [1.165, 1.54) is 18.7 Å². The first-order valence-corrected chi connectivity index (χ1v) is 34.0. The van der Waals surface area contributed by atoms with Crippen LogP contribution in [0.5, 0.6) is 0 Å². The average molecular weight is 1580 g/mol. The minimum absolute atomic E-state index is 0. The molecule has 0 heterocycles. The van der Waals surface area contributed by atoms with Crippen molar-refractivity contribution in [3.8, 4) is 0 Å². The van der Waals surface area contributed by atoms with Gasteiger partial charge in [0.25, 0.3) is 0 Å². The molecule has 14 N–H and O–H groups in total. The number of rotatable bonds is 34. The number of thioether (sulfide) groups is 1. The summed E-state index contributed by atoms with van der Waals surface area (Å²) >= 11 is 5.48.